The van der Waals surface area contributed by atoms with Crippen molar-refractivity contribution < 1.29 is 4.42 Å². The molecule has 0 aliphatic heterocycles. The molecule has 0 saturated heterocycles. The zero-order chi connectivity index (χ0) is 10.7. The van der Waals surface area contributed by atoms with Gasteiger partial charge in [-0.15, -0.1) is 0 Å². The fourth-order valence-corrected chi connectivity index (χ4v) is 2.97. The summed E-state index contributed by atoms with van der Waals surface area (Å²) in [6.45, 7) is 0. The number of halogens is 1. The minimum Gasteiger partial charge on any atom is -0.466 e. The van der Waals surface area contributed by atoms with Gasteiger partial charge in [-0.3, -0.25) is 0 Å². The third kappa shape index (κ3) is 2.64. The van der Waals surface area contributed by atoms with Crippen LogP contribution < -0.4 is 5.32 Å². The maximum absolute atomic E-state index is 5.52. The molecule has 0 amide bonds. The molecule has 3 heteroatoms. The van der Waals surface area contributed by atoms with Gasteiger partial charge in [0.05, 0.1) is 16.8 Å². The number of nitrogens with one attached hydrogen (secondary N) is 1. The van der Waals surface area contributed by atoms with Crippen LogP contribution in [0.15, 0.2) is 21.2 Å². The molecule has 0 radical (unpaired) electrons. The van der Waals surface area contributed by atoms with Crippen LogP contribution in [0.2, 0.25) is 0 Å². The second-order valence-electron chi connectivity index (χ2n) is 4.36. The quantitative estimate of drug-likeness (QED) is 0.899. The summed E-state index contributed by atoms with van der Waals surface area (Å²) >= 11 is 3.52. The number of furan rings is 1. The van der Waals surface area contributed by atoms with Gasteiger partial charge >= 0.3 is 0 Å². The summed E-state index contributed by atoms with van der Waals surface area (Å²) in [6, 6.07) is 2.33. The van der Waals surface area contributed by atoms with E-state index in [0.29, 0.717) is 6.04 Å². The van der Waals surface area contributed by atoms with Gasteiger partial charge in [0.15, 0.2) is 0 Å². The van der Waals surface area contributed by atoms with Crippen LogP contribution in [-0.4, -0.2) is 7.05 Å². The maximum atomic E-state index is 5.52. The minimum atomic E-state index is 0.359. The van der Waals surface area contributed by atoms with Crippen LogP contribution in [0, 0.1) is 5.92 Å². The van der Waals surface area contributed by atoms with Crippen molar-refractivity contribution in [1.82, 2.24) is 5.32 Å². The first kappa shape index (κ1) is 11.2. The van der Waals surface area contributed by atoms with E-state index in [1.54, 1.807) is 6.26 Å². The van der Waals surface area contributed by atoms with Gasteiger partial charge in [0.2, 0.25) is 0 Å². The summed E-state index contributed by atoms with van der Waals surface area (Å²) in [4.78, 5) is 0. The summed E-state index contributed by atoms with van der Waals surface area (Å²) in [5.41, 5.74) is 0. The lowest BCUT2D eigenvalue weighted by Gasteiger charge is -2.18. The summed E-state index contributed by atoms with van der Waals surface area (Å²) < 4.78 is 6.60. The molecule has 0 aromatic carbocycles. The lowest BCUT2D eigenvalue weighted by atomic mass is 9.97. The molecule has 84 valence electrons. The van der Waals surface area contributed by atoms with E-state index < -0.39 is 0 Å². The zero-order valence-corrected chi connectivity index (χ0v) is 10.7. The Kier molecular flexibility index (Phi) is 3.87. The molecule has 0 spiro atoms. The Bertz CT molecular complexity index is 304. The van der Waals surface area contributed by atoms with Crippen LogP contribution in [0.5, 0.6) is 0 Å². The molecule has 0 bridgehead atoms. The highest BCUT2D eigenvalue weighted by molar-refractivity contribution is 9.10. The van der Waals surface area contributed by atoms with Gasteiger partial charge in [-0.05, 0) is 41.4 Å². The van der Waals surface area contributed by atoms with Crippen molar-refractivity contribution >= 4 is 15.9 Å². The van der Waals surface area contributed by atoms with E-state index in [4.69, 9.17) is 4.42 Å². The fourth-order valence-electron chi connectivity index (χ4n) is 2.49. The molecule has 2 rings (SSSR count). The molecule has 1 atom stereocenters. The standard InChI is InChI=1S/C12H18BrNO/c1-14-11(8-9-4-2-3-5-9)12-10(13)6-7-15-12/h6-7,9,11,14H,2-5,8H2,1H3. The molecule has 1 fully saturated rings. The van der Waals surface area contributed by atoms with E-state index in [9.17, 15) is 0 Å². The maximum Gasteiger partial charge on any atom is 0.134 e. The summed E-state index contributed by atoms with van der Waals surface area (Å²) in [5, 5.41) is 3.35. The molecular formula is C12H18BrNO. The first-order valence-corrected chi connectivity index (χ1v) is 6.50. The molecule has 1 aliphatic carbocycles. The van der Waals surface area contributed by atoms with Crippen molar-refractivity contribution in [2.45, 2.75) is 38.1 Å². The zero-order valence-electron chi connectivity index (χ0n) is 9.13. The third-order valence-electron chi connectivity index (χ3n) is 3.35. The normalized spacial score (nSPS) is 19.6. The Morgan fingerprint density at radius 1 is 1.53 bits per heavy atom. The van der Waals surface area contributed by atoms with Crippen molar-refractivity contribution in [2.75, 3.05) is 7.05 Å². The van der Waals surface area contributed by atoms with E-state index in [0.717, 1.165) is 16.2 Å². The monoisotopic (exact) mass is 271 g/mol. The second-order valence-corrected chi connectivity index (χ2v) is 5.21. The van der Waals surface area contributed by atoms with Gasteiger partial charge in [-0.25, -0.2) is 0 Å². The first-order valence-electron chi connectivity index (χ1n) is 5.71. The Morgan fingerprint density at radius 2 is 2.27 bits per heavy atom. The van der Waals surface area contributed by atoms with E-state index >= 15 is 0 Å². The van der Waals surface area contributed by atoms with E-state index in [2.05, 4.69) is 21.2 Å². The van der Waals surface area contributed by atoms with Crippen molar-refractivity contribution in [3.63, 3.8) is 0 Å². The van der Waals surface area contributed by atoms with E-state index in [1.807, 2.05) is 13.1 Å². The van der Waals surface area contributed by atoms with Crippen LogP contribution in [-0.2, 0) is 0 Å². The molecule has 2 nitrogen and oxygen atoms in total. The smallest absolute Gasteiger partial charge is 0.134 e. The lowest BCUT2D eigenvalue weighted by Crippen LogP contribution is -2.18. The highest BCUT2D eigenvalue weighted by Gasteiger charge is 2.23. The van der Waals surface area contributed by atoms with Crippen LogP contribution in [0.3, 0.4) is 0 Å². The van der Waals surface area contributed by atoms with E-state index in [-0.39, 0.29) is 0 Å². The minimum absolute atomic E-state index is 0.359. The van der Waals surface area contributed by atoms with Gasteiger partial charge in [0.1, 0.15) is 5.76 Å². The van der Waals surface area contributed by atoms with Crippen LogP contribution in [0.1, 0.15) is 43.9 Å². The Balaban J connectivity index is 2.00. The lowest BCUT2D eigenvalue weighted by molar-refractivity contribution is 0.355. The van der Waals surface area contributed by atoms with E-state index in [1.165, 1.54) is 32.1 Å². The molecule has 1 unspecified atom stereocenters. The Labute approximate surface area is 99.6 Å². The largest absolute Gasteiger partial charge is 0.466 e. The van der Waals surface area contributed by atoms with Crippen molar-refractivity contribution in [3.8, 4) is 0 Å². The summed E-state index contributed by atoms with van der Waals surface area (Å²) in [6.07, 6.45) is 8.52. The highest BCUT2D eigenvalue weighted by Crippen LogP contribution is 2.35. The van der Waals surface area contributed by atoms with Gasteiger partial charge in [-0.2, -0.15) is 0 Å². The van der Waals surface area contributed by atoms with Gasteiger partial charge in [-0.1, -0.05) is 25.7 Å². The highest BCUT2D eigenvalue weighted by atomic mass is 79.9. The van der Waals surface area contributed by atoms with Crippen molar-refractivity contribution in [2.24, 2.45) is 5.92 Å². The predicted molar refractivity (Wildman–Crippen MR) is 64.8 cm³/mol. The van der Waals surface area contributed by atoms with Crippen LogP contribution in [0.25, 0.3) is 0 Å². The summed E-state index contributed by atoms with van der Waals surface area (Å²) in [7, 11) is 2.01. The Morgan fingerprint density at radius 3 is 2.80 bits per heavy atom. The van der Waals surface area contributed by atoms with Crippen molar-refractivity contribution in [1.29, 1.82) is 0 Å². The topological polar surface area (TPSA) is 25.2 Å². The summed E-state index contributed by atoms with van der Waals surface area (Å²) in [5.74, 6) is 1.92. The SMILES string of the molecule is CNC(CC1CCCC1)c1occc1Br. The molecular weight excluding hydrogens is 254 g/mol. The van der Waals surface area contributed by atoms with Gasteiger partial charge in [0, 0.05) is 0 Å². The molecule has 1 aromatic heterocycles. The molecule has 1 heterocycles. The first-order chi connectivity index (χ1) is 7.31. The number of hydrogen-bond acceptors (Lipinski definition) is 2. The molecule has 1 N–H and O–H groups in total. The van der Waals surface area contributed by atoms with Gasteiger partial charge < -0.3 is 9.73 Å². The molecule has 15 heavy (non-hydrogen) atoms. The predicted octanol–water partition coefficient (Wildman–Crippen LogP) is 3.88. The fraction of sp³-hybridized carbons (Fsp3) is 0.667. The average Bonchev–Trinajstić information content (AvgIpc) is 2.85. The average molecular weight is 272 g/mol. The second kappa shape index (κ2) is 5.17. The van der Waals surface area contributed by atoms with Gasteiger partial charge in [0.25, 0.3) is 0 Å². The Hall–Kier alpha value is -0.280. The van der Waals surface area contributed by atoms with Crippen molar-refractivity contribution in [3.05, 3.63) is 22.6 Å². The van der Waals surface area contributed by atoms with Crippen LogP contribution in [0.4, 0.5) is 0 Å². The van der Waals surface area contributed by atoms with Crippen LogP contribution >= 0.6 is 15.9 Å². The third-order valence-corrected chi connectivity index (χ3v) is 4.01. The number of hydrogen-bond donors (Lipinski definition) is 1. The molecule has 1 saturated carbocycles. The number of rotatable bonds is 4. The molecule has 1 aliphatic rings. The molecule has 1 aromatic rings.